The zero-order valence-corrected chi connectivity index (χ0v) is 14.8. The summed E-state index contributed by atoms with van der Waals surface area (Å²) in [5, 5.41) is 2.42. The topological polar surface area (TPSA) is 49.7 Å². The second-order valence-electron chi connectivity index (χ2n) is 6.13. The lowest BCUT2D eigenvalue weighted by atomic mass is 9.99. The summed E-state index contributed by atoms with van der Waals surface area (Å²) in [6.07, 6.45) is 5.77. The van der Waals surface area contributed by atoms with Crippen molar-refractivity contribution in [1.29, 1.82) is 0 Å². The van der Waals surface area contributed by atoms with Crippen LogP contribution in [0.2, 0.25) is 0 Å². The van der Waals surface area contributed by atoms with Gasteiger partial charge in [-0.1, -0.05) is 24.3 Å². The van der Waals surface area contributed by atoms with Crippen LogP contribution in [0, 0.1) is 0 Å². The van der Waals surface area contributed by atoms with Gasteiger partial charge in [0, 0.05) is 38.5 Å². The van der Waals surface area contributed by atoms with Crippen LogP contribution in [0.5, 0.6) is 0 Å². The third-order valence-electron chi connectivity index (χ3n) is 4.55. The summed E-state index contributed by atoms with van der Waals surface area (Å²) in [6, 6.07) is 14.6. The summed E-state index contributed by atoms with van der Waals surface area (Å²) in [5.74, 6) is 0.579. The Bertz CT molecular complexity index is 1220. The number of benzene rings is 2. The van der Waals surface area contributed by atoms with Crippen molar-refractivity contribution in [1.82, 2.24) is 4.90 Å². The zero-order chi connectivity index (χ0) is 17.0. The monoisotopic (exact) mass is 366 g/mol. The molecule has 0 atom stereocenters. The van der Waals surface area contributed by atoms with Gasteiger partial charge in [-0.15, -0.1) is 15.7 Å². The second kappa shape index (κ2) is 5.28. The number of thiophene rings is 1. The number of fused-ring (bicyclic) bond motifs is 4. The highest BCUT2D eigenvalue weighted by Crippen LogP contribution is 2.36. The average molecular weight is 366 g/mol. The third kappa shape index (κ3) is 2.41. The van der Waals surface area contributed by atoms with Crippen LogP contribution in [0.1, 0.15) is 5.56 Å². The van der Waals surface area contributed by atoms with Gasteiger partial charge >= 0.3 is 0 Å². The smallest absolute Gasteiger partial charge is 0.256 e. The van der Waals surface area contributed by atoms with Gasteiger partial charge in [0.25, 0.3) is 10.0 Å². The van der Waals surface area contributed by atoms with Gasteiger partial charge in [0.15, 0.2) is 5.84 Å². The molecule has 25 heavy (non-hydrogen) atoms. The highest BCUT2D eigenvalue weighted by molar-refractivity contribution is 7.90. The SMILES string of the molecule is O=S1(=O)CCN2C=CC=C(c3ccc4sc5ccccc5c4c3)C2=N1. The van der Waals surface area contributed by atoms with E-state index in [2.05, 4.69) is 28.7 Å². The van der Waals surface area contributed by atoms with Crippen molar-refractivity contribution < 1.29 is 8.42 Å². The molecule has 0 saturated heterocycles. The van der Waals surface area contributed by atoms with E-state index >= 15 is 0 Å². The number of allylic oxidation sites excluding steroid dienone is 2. The van der Waals surface area contributed by atoms with Gasteiger partial charge in [0.1, 0.15) is 0 Å². The van der Waals surface area contributed by atoms with Gasteiger partial charge in [0.05, 0.1) is 5.75 Å². The van der Waals surface area contributed by atoms with Crippen LogP contribution in [0.3, 0.4) is 0 Å². The standard InChI is InChI=1S/C19H14N2O2S2/c22-25(23)11-10-21-9-3-5-14(19(21)20-25)13-7-8-18-16(12-13)15-4-1-2-6-17(15)24-18/h1-9,12H,10-11H2. The first kappa shape index (κ1) is 14.9. The minimum atomic E-state index is -3.39. The maximum Gasteiger partial charge on any atom is 0.256 e. The third-order valence-corrected chi connectivity index (χ3v) is 6.85. The molecule has 2 aliphatic rings. The fourth-order valence-electron chi connectivity index (χ4n) is 3.34. The largest absolute Gasteiger partial charge is 0.331 e. The van der Waals surface area contributed by atoms with Crippen molar-refractivity contribution in [3.05, 3.63) is 66.4 Å². The van der Waals surface area contributed by atoms with E-state index in [1.165, 1.54) is 20.2 Å². The van der Waals surface area contributed by atoms with Crippen LogP contribution in [-0.2, 0) is 10.0 Å². The van der Waals surface area contributed by atoms with Gasteiger partial charge in [0.2, 0.25) is 0 Å². The Morgan fingerprint density at radius 3 is 2.80 bits per heavy atom. The molecule has 0 saturated carbocycles. The molecule has 0 amide bonds. The molecule has 6 heteroatoms. The lowest BCUT2D eigenvalue weighted by Crippen LogP contribution is -2.37. The van der Waals surface area contributed by atoms with Crippen molar-refractivity contribution in [3.8, 4) is 0 Å². The summed E-state index contributed by atoms with van der Waals surface area (Å²) in [6.45, 7) is 0.443. The number of nitrogens with zero attached hydrogens (tertiary/aromatic N) is 2. The van der Waals surface area contributed by atoms with Gasteiger partial charge in [-0.3, -0.25) is 0 Å². The number of hydrogen-bond acceptors (Lipinski definition) is 4. The predicted molar refractivity (Wildman–Crippen MR) is 104 cm³/mol. The summed E-state index contributed by atoms with van der Waals surface area (Å²) in [4.78, 5) is 1.91. The Morgan fingerprint density at radius 1 is 1.04 bits per heavy atom. The molecular formula is C19H14N2O2S2. The van der Waals surface area contributed by atoms with E-state index in [4.69, 9.17) is 0 Å². The predicted octanol–water partition coefficient (Wildman–Crippen LogP) is 4.01. The fourth-order valence-corrected chi connectivity index (χ4v) is 5.41. The average Bonchev–Trinajstić information content (AvgIpc) is 2.98. The van der Waals surface area contributed by atoms with Crippen LogP contribution in [0.15, 0.2) is 65.2 Å². The van der Waals surface area contributed by atoms with E-state index < -0.39 is 10.0 Å². The number of sulfonamides is 1. The molecule has 124 valence electrons. The molecule has 0 unspecified atom stereocenters. The molecule has 1 aromatic heterocycles. The zero-order valence-electron chi connectivity index (χ0n) is 13.2. The molecule has 0 spiro atoms. The molecule has 0 radical (unpaired) electrons. The van der Waals surface area contributed by atoms with Crippen molar-refractivity contribution in [2.75, 3.05) is 12.3 Å². The van der Waals surface area contributed by atoms with Crippen LogP contribution in [0.25, 0.3) is 25.7 Å². The molecule has 0 fully saturated rings. The van der Waals surface area contributed by atoms with Crippen molar-refractivity contribution in [2.45, 2.75) is 0 Å². The van der Waals surface area contributed by atoms with Crippen LogP contribution < -0.4 is 0 Å². The Balaban J connectivity index is 1.72. The molecule has 3 heterocycles. The van der Waals surface area contributed by atoms with E-state index in [1.807, 2.05) is 41.5 Å². The molecule has 0 N–H and O–H groups in total. The van der Waals surface area contributed by atoms with Gasteiger partial charge in [-0.25, -0.2) is 8.42 Å². The van der Waals surface area contributed by atoms with E-state index in [0.29, 0.717) is 12.4 Å². The number of hydrogen-bond donors (Lipinski definition) is 0. The van der Waals surface area contributed by atoms with E-state index in [0.717, 1.165) is 11.1 Å². The van der Waals surface area contributed by atoms with Gasteiger partial charge in [-0.2, -0.15) is 0 Å². The molecule has 5 rings (SSSR count). The van der Waals surface area contributed by atoms with Gasteiger partial charge in [-0.05, 0) is 35.9 Å². The summed E-state index contributed by atoms with van der Waals surface area (Å²) in [7, 11) is -3.39. The van der Waals surface area contributed by atoms with E-state index in [1.54, 1.807) is 11.3 Å². The van der Waals surface area contributed by atoms with Crippen LogP contribution >= 0.6 is 11.3 Å². The van der Waals surface area contributed by atoms with E-state index in [9.17, 15) is 8.42 Å². The lowest BCUT2D eigenvalue weighted by molar-refractivity contribution is 0.550. The van der Waals surface area contributed by atoms with E-state index in [-0.39, 0.29) is 5.75 Å². The molecule has 0 bridgehead atoms. The van der Waals surface area contributed by atoms with Crippen molar-refractivity contribution in [2.24, 2.45) is 4.40 Å². The Kier molecular flexibility index (Phi) is 3.14. The van der Waals surface area contributed by atoms with Crippen LogP contribution in [0.4, 0.5) is 0 Å². The first-order valence-electron chi connectivity index (χ1n) is 8.01. The number of amidine groups is 1. The highest BCUT2D eigenvalue weighted by atomic mass is 32.2. The Labute approximate surface area is 149 Å². The minimum Gasteiger partial charge on any atom is -0.331 e. The van der Waals surface area contributed by atoms with Crippen molar-refractivity contribution in [3.63, 3.8) is 0 Å². The molecule has 4 nitrogen and oxygen atoms in total. The van der Waals surface area contributed by atoms with Gasteiger partial charge < -0.3 is 4.90 Å². The highest BCUT2D eigenvalue weighted by Gasteiger charge is 2.27. The quantitative estimate of drug-likeness (QED) is 0.654. The summed E-state index contributed by atoms with van der Waals surface area (Å²) in [5.41, 5.74) is 1.84. The molecular weight excluding hydrogens is 352 g/mol. The minimum absolute atomic E-state index is 0.0579. The molecule has 3 aromatic rings. The Hall–Kier alpha value is -2.44. The van der Waals surface area contributed by atoms with Crippen molar-refractivity contribution >= 4 is 52.9 Å². The Morgan fingerprint density at radius 2 is 1.88 bits per heavy atom. The summed E-state index contributed by atoms with van der Waals surface area (Å²) < 4.78 is 30.4. The molecule has 0 aliphatic carbocycles. The lowest BCUT2D eigenvalue weighted by Gasteiger charge is -2.29. The normalized spacial score (nSPS) is 19.0. The first-order chi connectivity index (χ1) is 12.1. The number of rotatable bonds is 1. The first-order valence-corrected chi connectivity index (χ1v) is 10.4. The fraction of sp³-hybridized carbons (Fsp3) is 0.105. The molecule has 2 aliphatic heterocycles. The maximum atomic E-state index is 12.0. The summed E-state index contributed by atoms with van der Waals surface area (Å²) >= 11 is 1.77. The second-order valence-corrected chi connectivity index (χ2v) is 8.96. The molecule has 2 aromatic carbocycles. The maximum absolute atomic E-state index is 12.0. The van der Waals surface area contributed by atoms with Crippen LogP contribution in [-0.4, -0.2) is 31.5 Å².